The fourth-order valence-electron chi connectivity index (χ4n) is 1.83. The van der Waals surface area contributed by atoms with E-state index in [-0.39, 0.29) is 5.82 Å². The van der Waals surface area contributed by atoms with Crippen LogP contribution in [0.4, 0.5) is 17.2 Å². The van der Waals surface area contributed by atoms with E-state index in [1.165, 1.54) is 14.1 Å². The first-order valence-electron chi connectivity index (χ1n) is 6.90. The van der Waals surface area contributed by atoms with Gasteiger partial charge in [-0.1, -0.05) is 6.07 Å². The van der Waals surface area contributed by atoms with Crippen molar-refractivity contribution in [2.24, 2.45) is 0 Å². The fourth-order valence-corrected chi connectivity index (χ4v) is 2.39. The zero-order chi connectivity index (χ0) is 17.0. The lowest BCUT2D eigenvalue weighted by atomic mass is 10.2. The molecule has 23 heavy (non-hydrogen) atoms. The Balaban J connectivity index is 2.16. The molecule has 8 heteroatoms. The number of anilines is 3. The van der Waals surface area contributed by atoms with Crippen LogP contribution in [-0.4, -0.2) is 38.9 Å². The summed E-state index contributed by atoms with van der Waals surface area (Å²) in [6, 6.07) is 9.13. The van der Waals surface area contributed by atoms with Crippen LogP contribution in [0.25, 0.3) is 0 Å². The van der Waals surface area contributed by atoms with Crippen LogP contribution in [0.3, 0.4) is 0 Å². The van der Waals surface area contributed by atoms with E-state index in [1.807, 2.05) is 25.1 Å². The second-order valence-corrected chi connectivity index (χ2v) is 7.03. The van der Waals surface area contributed by atoms with Crippen molar-refractivity contribution in [3.8, 4) is 5.75 Å². The number of pyridine rings is 1. The molecular formula is C15H20N4O3S. The van der Waals surface area contributed by atoms with Crippen LogP contribution in [0.5, 0.6) is 5.75 Å². The lowest BCUT2D eigenvalue weighted by Gasteiger charge is -2.14. The predicted octanol–water partition coefficient (Wildman–Crippen LogP) is 2.36. The molecule has 0 radical (unpaired) electrons. The number of ether oxygens (including phenoxy) is 1. The molecule has 0 bridgehead atoms. The summed E-state index contributed by atoms with van der Waals surface area (Å²) < 4.78 is 32.2. The first-order valence-corrected chi connectivity index (χ1v) is 8.34. The summed E-state index contributed by atoms with van der Waals surface area (Å²) in [5.74, 6) is 0.966. The smallest absolute Gasteiger partial charge is 0.302 e. The zero-order valence-corrected chi connectivity index (χ0v) is 14.3. The van der Waals surface area contributed by atoms with Crippen molar-refractivity contribution in [2.75, 3.05) is 31.2 Å². The molecule has 0 aliphatic carbocycles. The number of nitrogens with zero attached hydrogens (tertiary/aromatic N) is 2. The molecular weight excluding hydrogens is 316 g/mol. The molecule has 1 heterocycles. The highest BCUT2D eigenvalue weighted by Crippen LogP contribution is 2.28. The summed E-state index contributed by atoms with van der Waals surface area (Å²) >= 11 is 0. The zero-order valence-electron chi connectivity index (χ0n) is 13.5. The van der Waals surface area contributed by atoms with E-state index in [4.69, 9.17) is 4.74 Å². The number of rotatable bonds is 6. The van der Waals surface area contributed by atoms with Crippen LogP contribution in [0.15, 0.2) is 36.5 Å². The normalized spacial score (nSPS) is 11.3. The molecule has 0 fully saturated rings. The summed E-state index contributed by atoms with van der Waals surface area (Å²) in [7, 11) is 0.939. The molecule has 0 amide bonds. The highest BCUT2D eigenvalue weighted by atomic mass is 32.2. The largest absolute Gasteiger partial charge is 0.495 e. The Morgan fingerprint density at radius 3 is 2.48 bits per heavy atom. The lowest BCUT2D eigenvalue weighted by molar-refractivity contribution is 0.416. The molecule has 7 nitrogen and oxygen atoms in total. The number of hydrogen-bond donors (Lipinski definition) is 2. The Hall–Kier alpha value is -2.32. The second kappa shape index (κ2) is 6.84. The van der Waals surface area contributed by atoms with E-state index >= 15 is 0 Å². The summed E-state index contributed by atoms with van der Waals surface area (Å²) in [4.78, 5) is 4.10. The summed E-state index contributed by atoms with van der Waals surface area (Å²) in [5, 5.41) is 3.20. The van der Waals surface area contributed by atoms with Crippen molar-refractivity contribution in [1.29, 1.82) is 0 Å². The van der Waals surface area contributed by atoms with Gasteiger partial charge < -0.3 is 10.1 Å². The molecule has 1 aromatic heterocycles. The van der Waals surface area contributed by atoms with Gasteiger partial charge in [0.2, 0.25) is 0 Å². The first kappa shape index (κ1) is 17.0. The van der Waals surface area contributed by atoms with Crippen LogP contribution < -0.4 is 14.8 Å². The maximum atomic E-state index is 11.7. The van der Waals surface area contributed by atoms with E-state index in [1.54, 1.807) is 25.4 Å². The average molecular weight is 336 g/mol. The Morgan fingerprint density at radius 1 is 1.17 bits per heavy atom. The monoisotopic (exact) mass is 336 g/mol. The van der Waals surface area contributed by atoms with Crippen LogP contribution in [0.1, 0.15) is 5.56 Å². The number of aryl methyl sites for hydroxylation is 1. The Kier molecular flexibility index (Phi) is 5.07. The molecule has 2 N–H and O–H groups in total. The molecule has 0 unspecified atom stereocenters. The topological polar surface area (TPSA) is 83.6 Å². The molecule has 1 aromatic carbocycles. The minimum atomic E-state index is -3.56. The van der Waals surface area contributed by atoms with Gasteiger partial charge in [-0.25, -0.2) is 4.98 Å². The Bertz CT molecular complexity index is 774. The van der Waals surface area contributed by atoms with E-state index in [9.17, 15) is 8.42 Å². The number of hydrogen-bond acceptors (Lipinski definition) is 5. The standard InChI is InChI=1S/C15H20N4O3S/c1-11-5-7-14(22-4)13(9-11)17-12-6-8-15(16-10-12)18-23(20,21)19(2)3/h5-10,17H,1-4H3,(H,16,18). The highest BCUT2D eigenvalue weighted by Gasteiger charge is 2.13. The minimum Gasteiger partial charge on any atom is -0.495 e. The third kappa shape index (κ3) is 4.33. The lowest BCUT2D eigenvalue weighted by Crippen LogP contribution is -2.29. The van der Waals surface area contributed by atoms with Gasteiger partial charge in [-0.3, -0.25) is 4.72 Å². The van der Waals surface area contributed by atoms with Gasteiger partial charge in [0.1, 0.15) is 11.6 Å². The van der Waals surface area contributed by atoms with Gasteiger partial charge in [0.05, 0.1) is 24.7 Å². The first-order chi connectivity index (χ1) is 10.8. The van der Waals surface area contributed by atoms with Gasteiger partial charge in [-0.15, -0.1) is 0 Å². The Morgan fingerprint density at radius 2 is 1.91 bits per heavy atom. The van der Waals surface area contributed by atoms with Gasteiger partial charge >= 0.3 is 10.2 Å². The van der Waals surface area contributed by atoms with Crippen molar-refractivity contribution >= 4 is 27.4 Å². The SMILES string of the molecule is COc1ccc(C)cc1Nc1ccc(NS(=O)(=O)N(C)C)nc1. The summed E-state index contributed by atoms with van der Waals surface area (Å²) in [5.41, 5.74) is 2.63. The number of nitrogens with one attached hydrogen (secondary N) is 2. The van der Waals surface area contributed by atoms with Crippen molar-refractivity contribution in [3.05, 3.63) is 42.1 Å². The van der Waals surface area contributed by atoms with Gasteiger partial charge in [0.25, 0.3) is 0 Å². The predicted molar refractivity (Wildman–Crippen MR) is 91.5 cm³/mol. The number of aromatic nitrogens is 1. The molecule has 0 atom stereocenters. The van der Waals surface area contributed by atoms with E-state index in [2.05, 4.69) is 15.0 Å². The molecule has 0 saturated heterocycles. The third-order valence-corrected chi connectivity index (χ3v) is 4.54. The maximum Gasteiger partial charge on any atom is 0.302 e. The Labute approximate surface area is 136 Å². The van der Waals surface area contributed by atoms with E-state index in [0.29, 0.717) is 5.75 Å². The van der Waals surface area contributed by atoms with Crippen LogP contribution in [0, 0.1) is 6.92 Å². The summed E-state index contributed by atoms with van der Waals surface area (Å²) in [6.45, 7) is 1.99. The third-order valence-electron chi connectivity index (χ3n) is 3.11. The molecule has 0 aliphatic heterocycles. The van der Waals surface area contributed by atoms with Crippen LogP contribution in [-0.2, 0) is 10.2 Å². The van der Waals surface area contributed by atoms with Crippen molar-refractivity contribution in [3.63, 3.8) is 0 Å². The van der Waals surface area contributed by atoms with Gasteiger partial charge in [0.15, 0.2) is 0 Å². The summed E-state index contributed by atoms with van der Waals surface area (Å²) in [6.07, 6.45) is 1.55. The molecule has 2 aromatic rings. The van der Waals surface area contributed by atoms with Crippen molar-refractivity contribution in [1.82, 2.24) is 9.29 Å². The van der Waals surface area contributed by atoms with Gasteiger partial charge in [-0.2, -0.15) is 12.7 Å². The van der Waals surface area contributed by atoms with Gasteiger partial charge in [0, 0.05) is 14.1 Å². The molecule has 0 spiro atoms. The second-order valence-electron chi connectivity index (χ2n) is 5.15. The number of methoxy groups -OCH3 is 1. The number of benzene rings is 1. The minimum absolute atomic E-state index is 0.250. The van der Waals surface area contributed by atoms with Crippen molar-refractivity contribution in [2.45, 2.75) is 6.92 Å². The van der Waals surface area contributed by atoms with E-state index in [0.717, 1.165) is 21.2 Å². The van der Waals surface area contributed by atoms with E-state index < -0.39 is 10.2 Å². The molecule has 124 valence electrons. The maximum absolute atomic E-state index is 11.7. The fraction of sp³-hybridized carbons (Fsp3) is 0.267. The highest BCUT2D eigenvalue weighted by molar-refractivity contribution is 7.90. The quantitative estimate of drug-likeness (QED) is 0.846. The van der Waals surface area contributed by atoms with Crippen LogP contribution >= 0.6 is 0 Å². The molecule has 0 aliphatic rings. The van der Waals surface area contributed by atoms with Crippen LogP contribution in [0.2, 0.25) is 0 Å². The van der Waals surface area contributed by atoms with Crippen molar-refractivity contribution < 1.29 is 13.2 Å². The molecule has 2 rings (SSSR count). The molecule has 0 saturated carbocycles. The average Bonchev–Trinajstić information content (AvgIpc) is 2.49. The van der Waals surface area contributed by atoms with Gasteiger partial charge in [-0.05, 0) is 36.8 Å².